The van der Waals surface area contributed by atoms with E-state index in [1.165, 1.54) is 12.3 Å². The van der Waals surface area contributed by atoms with Crippen LogP contribution in [0, 0.1) is 17.5 Å². The fourth-order valence-corrected chi connectivity index (χ4v) is 1.45. The van der Waals surface area contributed by atoms with Crippen LogP contribution in [-0.4, -0.2) is 16.5 Å². The van der Waals surface area contributed by atoms with E-state index in [2.05, 4.69) is 20.6 Å². The van der Waals surface area contributed by atoms with Crippen molar-refractivity contribution in [1.29, 1.82) is 0 Å². The molecule has 0 fully saturated rings. The van der Waals surface area contributed by atoms with Gasteiger partial charge in [-0.15, -0.1) is 0 Å². The minimum Gasteiger partial charge on any atom is -0.354 e. The summed E-state index contributed by atoms with van der Waals surface area (Å²) in [7, 11) is 0. The maximum absolute atomic E-state index is 13.0. The zero-order chi connectivity index (χ0) is 13.8. The molecular weight excluding hydrogens is 257 g/mol. The van der Waals surface area contributed by atoms with Crippen LogP contribution in [-0.2, 0) is 0 Å². The van der Waals surface area contributed by atoms with E-state index in [4.69, 9.17) is 0 Å². The zero-order valence-electron chi connectivity index (χ0n) is 10.0. The molecule has 0 saturated heterocycles. The molecule has 1 heterocycles. The first-order valence-corrected chi connectivity index (χ1v) is 5.58. The van der Waals surface area contributed by atoms with Crippen LogP contribution < -0.4 is 10.6 Å². The average molecular weight is 268 g/mol. The van der Waals surface area contributed by atoms with Gasteiger partial charge in [-0.25, -0.2) is 18.2 Å². The molecule has 2 aromatic rings. The van der Waals surface area contributed by atoms with Crippen LogP contribution in [0.2, 0.25) is 0 Å². The fourth-order valence-electron chi connectivity index (χ4n) is 1.45. The predicted molar refractivity (Wildman–Crippen MR) is 65.8 cm³/mol. The topological polar surface area (TPSA) is 49.8 Å². The standard InChI is InChI=1S/C12H11F3N4/c1-2-16-12-17-4-3-10(19-12)18-7-5-8(13)11(15)9(14)6-7/h3-6H,2H2,1H3,(H2,16,17,18,19). The molecule has 2 N–H and O–H groups in total. The van der Waals surface area contributed by atoms with Gasteiger partial charge in [0.1, 0.15) is 5.82 Å². The summed E-state index contributed by atoms with van der Waals surface area (Å²) in [6, 6.07) is 3.24. The third-order valence-electron chi connectivity index (χ3n) is 2.25. The summed E-state index contributed by atoms with van der Waals surface area (Å²) in [6.45, 7) is 2.53. The van der Waals surface area contributed by atoms with Gasteiger partial charge < -0.3 is 10.6 Å². The Balaban J connectivity index is 2.23. The Morgan fingerprint density at radius 3 is 2.47 bits per heavy atom. The second-order valence-electron chi connectivity index (χ2n) is 3.67. The van der Waals surface area contributed by atoms with Gasteiger partial charge in [-0.3, -0.25) is 0 Å². The number of hydrogen-bond donors (Lipinski definition) is 2. The van der Waals surface area contributed by atoms with Gasteiger partial charge >= 0.3 is 0 Å². The lowest BCUT2D eigenvalue weighted by atomic mass is 10.3. The van der Waals surface area contributed by atoms with Gasteiger partial charge in [0.25, 0.3) is 0 Å². The molecule has 19 heavy (non-hydrogen) atoms. The second-order valence-corrected chi connectivity index (χ2v) is 3.67. The van der Waals surface area contributed by atoms with Gasteiger partial charge in [0.05, 0.1) is 0 Å². The molecule has 4 nitrogen and oxygen atoms in total. The first-order valence-electron chi connectivity index (χ1n) is 5.58. The highest BCUT2D eigenvalue weighted by molar-refractivity contribution is 5.57. The summed E-state index contributed by atoms with van der Waals surface area (Å²) < 4.78 is 38.9. The van der Waals surface area contributed by atoms with E-state index in [0.29, 0.717) is 18.3 Å². The van der Waals surface area contributed by atoms with Gasteiger partial charge in [-0.05, 0) is 13.0 Å². The van der Waals surface area contributed by atoms with E-state index in [0.717, 1.165) is 12.1 Å². The van der Waals surface area contributed by atoms with Gasteiger partial charge in [0.2, 0.25) is 5.95 Å². The largest absolute Gasteiger partial charge is 0.354 e. The van der Waals surface area contributed by atoms with Crippen molar-refractivity contribution in [1.82, 2.24) is 9.97 Å². The molecule has 0 aliphatic rings. The van der Waals surface area contributed by atoms with Gasteiger partial charge in [-0.1, -0.05) is 0 Å². The number of nitrogens with zero attached hydrogens (tertiary/aromatic N) is 2. The van der Waals surface area contributed by atoms with Crippen molar-refractivity contribution < 1.29 is 13.2 Å². The summed E-state index contributed by atoms with van der Waals surface area (Å²) >= 11 is 0. The molecule has 1 aromatic carbocycles. The van der Waals surface area contributed by atoms with Crippen LogP contribution in [0.3, 0.4) is 0 Å². The monoisotopic (exact) mass is 268 g/mol. The van der Waals surface area contributed by atoms with Crippen LogP contribution in [0.5, 0.6) is 0 Å². The summed E-state index contributed by atoms with van der Waals surface area (Å²) in [5, 5.41) is 5.57. The lowest BCUT2D eigenvalue weighted by Crippen LogP contribution is -2.04. The number of hydrogen-bond acceptors (Lipinski definition) is 4. The van der Waals surface area contributed by atoms with Crippen molar-refractivity contribution in [2.75, 3.05) is 17.2 Å². The molecule has 0 aliphatic carbocycles. The smallest absolute Gasteiger partial charge is 0.224 e. The lowest BCUT2D eigenvalue weighted by molar-refractivity contribution is 0.448. The predicted octanol–water partition coefficient (Wildman–Crippen LogP) is 3.07. The Kier molecular flexibility index (Phi) is 3.84. The molecule has 0 aliphatic heterocycles. The van der Waals surface area contributed by atoms with E-state index >= 15 is 0 Å². The Morgan fingerprint density at radius 1 is 1.16 bits per heavy atom. The van der Waals surface area contributed by atoms with Crippen molar-refractivity contribution >= 4 is 17.5 Å². The molecule has 0 atom stereocenters. The Hall–Kier alpha value is -2.31. The number of nitrogens with one attached hydrogen (secondary N) is 2. The van der Waals surface area contributed by atoms with Gasteiger partial charge in [0, 0.05) is 30.6 Å². The van der Waals surface area contributed by atoms with Gasteiger partial charge in [-0.2, -0.15) is 4.98 Å². The average Bonchev–Trinajstić information content (AvgIpc) is 2.37. The minimum absolute atomic E-state index is 0.0672. The number of benzene rings is 1. The third kappa shape index (κ3) is 3.12. The van der Waals surface area contributed by atoms with Crippen molar-refractivity contribution in [2.45, 2.75) is 6.92 Å². The molecule has 0 unspecified atom stereocenters. The highest BCUT2D eigenvalue weighted by Gasteiger charge is 2.10. The van der Waals surface area contributed by atoms with E-state index in [-0.39, 0.29) is 5.69 Å². The summed E-state index contributed by atoms with van der Waals surface area (Å²) in [4.78, 5) is 8.02. The highest BCUT2D eigenvalue weighted by Crippen LogP contribution is 2.20. The number of rotatable bonds is 4. The van der Waals surface area contributed by atoms with Crippen LogP contribution in [0.1, 0.15) is 6.92 Å². The van der Waals surface area contributed by atoms with E-state index < -0.39 is 17.5 Å². The molecule has 0 spiro atoms. The first kappa shape index (κ1) is 13.1. The normalized spacial score (nSPS) is 10.3. The van der Waals surface area contributed by atoms with E-state index in [1.807, 2.05) is 6.92 Å². The SMILES string of the molecule is CCNc1nccc(Nc2cc(F)c(F)c(F)c2)n1. The maximum Gasteiger partial charge on any atom is 0.224 e. The Bertz CT molecular complexity index is 566. The molecule has 100 valence electrons. The quantitative estimate of drug-likeness (QED) is 0.837. The van der Waals surface area contributed by atoms with Crippen LogP contribution in [0.15, 0.2) is 24.4 Å². The number of halogens is 3. The van der Waals surface area contributed by atoms with Crippen LogP contribution in [0.4, 0.5) is 30.6 Å². The molecule has 0 bridgehead atoms. The van der Waals surface area contributed by atoms with Crippen LogP contribution in [0.25, 0.3) is 0 Å². The van der Waals surface area contributed by atoms with Crippen molar-refractivity contribution in [2.24, 2.45) is 0 Å². The Morgan fingerprint density at radius 2 is 1.84 bits per heavy atom. The molecule has 7 heteroatoms. The molecule has 0 amide bonds. The summed E-state index contributed by atoms with van der Waals surface area (Å²) in [5.41, 5.74) is 0.0672. The molecular formula is C12H11F3N4. The molecule has 0 saturated carbocycles. The van der Waals surface area contributed by atoms with Crippen LogP contribution >= 0.6 is 0 Å². The maximum atomic E-state index is 13.0. The zero-order valence-corrected chi connectivity index (χ0v) is 10.0. The number of aromatic nitrogens is 2. The fraction of sp³-hybridized carbons (Fsp3) is 0.167. The van der Waals surface area contributed by atoms with E-state index in [1.54, 1.807) is 0 Å². The lowest BCUT2D eigenvalue weighted by Gasteiger charge is -2.08. The highest BCUT2D eigenvalue weighted by atomic mass is 19.2. The molecule has 1 aromatic heterocycles. The van der Waals surface area contributed by atoms with Crippen molar-refractivity contribution in [3.05, 3.63) is 41.8 Å². The number of anilines is 3. The van der Waals surface area contributed by atoms with Crippen molar-refractivity contribution in [3.8, 4) is 0 Å². The van der Waals surface area contributed by atoms with Gasteiger partial charge in [0.15, 0.2) is 17.5 Å². The summed E-state index contributed by atoms with van der Waals surface area (Å²) in [5.74, 6) is -3.29. The second kappa shape index (κ2) is 5.55. The van der Waals surface area contributed by atoms with Crippen molar-refractivity contribution in [3.63, 3.8) is 0 Å². The summed E-state index contributed by atoms with van der Waals surface area (Å²) in [6.07, 6.45) is 1.49. The minimum atomic E-state index is -1.50. The van der Waals surface area contributed by atoms with E-state index in [9.17, 15) is 13.2 Å². The molecule has 2 rings (SSSR count). The molecule has 0 radical (unpaired) electrons. The third-order valence-corrected chi connectivity index (χ3v) is 2.25. The first-order chi connectivity index (χ1) is 9.10. The Labute approximate surface area is 107 Å².